The van der Waals surface area contributed by atoms with E-state index < -0.39 is 0 Å². The summed E-state index contributed by atoms with van der Waals surface area (Å²) in [6, 6.07) is 12.9. The van der Waals surface area contributed by atoms with Gasteiger partial charge in [0, 0.05) is 43.8 Å². The lowest BCUT2D eigenvalue weighted by Gasteiger charge is -2.34. The molecule has 1 aliphatic carbocycles. The predicted molar refractivity (Wildman–Crippen MR) is 124 cm³/mol. The van der Waals surface area contributed by atoms with E-state index >= 15 is 0 Å². The standard InChI is InChI=1S/C23H25ClN6/c1-29-9-11-30(12-10-29)21-8-7-19-14-17(21)6-5-16-3-2-4-18(13-16)26-22-20(24)15-25-23(27-19)28-22/h3,5-8,13-15H,2,4,9-12H2,1H3,(H2,25,26,27,28). The Labute approximate surface area is 180 Å². The highest BCUT2D eigenvalue weighted by Crippen LogP contribution is 2.25. The van der Waals surface area contributed by atoms with Gasteiger partial charge < -0.3 is 20.1 Å². The van der Waals surface area contributed by atoms with Crippen molar-refractivity contribution in [3.63, 3.8) is 0 Å². The first-order valence-corrected chi connectivity index (χ1v) is 10.8. The van der Waals surface area contributed by atoms with Crippen LogP contribution in [0.15, 0.2) is 42.6 Å². The van der Waals surface area contributed by atoms with Crippen LogP contribution in [0.3, 0.4) is 0 Å². The molecule has 2 N–H and O–H groups in total. The Balaban J connectivity index is 1.73. The second kappa shape index (κ2) is 8.13. The number of halogens is 1. The van der Waals surface area contributed by atoms with E-state index in [9.17, 15) is 0 Å². The molecule has 0 atom stereocenters. The normalized spacial score (nSPS) is 17.4. The fraction of sp³-hybridized carbons (Fsp3) is 0.304. The monoisotopic (exact) mass is 420 g/mol. The molecule has 6 bridgehead atoms. The first-order chi connectivity index (χ1) is 14.6. The number of H-pyrrole nitrogens is 1. The van der Waals surface area contributed by atoms with Gasteiger partial charge in [-0.1, -0.05) is 29.8 Å². The van der Waals surface area contributed by atoms with E-state index in [1.54, 1.807) is 6.20 Å². The van der Waals surface area contributed by atoms with Crippen LogP contribution in [0.4, 0.5) is 11.6 Å². The number of aromatic amines is 1. The lowest BCUT2D eigenvalue weighted by Crippen LogP contribution is -2.44. The number of hydrogen-bond donors (Lipinski definition) is 2. The molecule has 1 saturated heterocycles. The molecule has 7 heteroatoms. The second-order valence-corrected chi connectivity index (χ2v) is 8.33. The second-order valence-electron chi connectivity index (χ2n) is 7.93. The molecular weight excluding hydrogens is 396 g/mol. The topological polar surface area (TPSA) is 60.1 Å². The van der Waals surface area contributed by atoms with Crippen molar-refractivity contribution in [2.24, 2.45) is 0 Å². The van der Waals surface area contributed by atoms with E-state index in [0.717, 1.165) is 50.2 Å². The van der Waals surface area contributed by atoms with Gasteiger partial charge in [-0.05, 0) is 54.8 Å². The van der Waals surface area contributed by atoms with Gasteiger partial charge in [0.2, 0.25) is 5.95 Å². The minimum Gasteiger partial charge on any atom is -0.368 e. The summed E-state index contributed by atoms with van der Waals surface area (Å²) in [6.07, 6.45) is 5.85. The number of aryl methyl sites for hydroxylation is 1. The van der Waals surface area contributed by atoms with Gasteiger partial charge >= 0.3 is 0 Å². The van der Waals surface area contributed by atoms with E-state index in [1.165, 1.54) is 16.3 Å². The molecule has 0 unspecified atom stereocenters. The Morgan fingerprint density at radius 2 is 1.87 bits per heavy atom. The predicted octanol–water partition coefficient (Wildman–Crippen LogP) is 3.37. The number of aromatic nitrogens is 3. The van der Waals surface area contributed by atoms with Crippen LogP contribution < -0.4 is 15.4 Å². The zero-order chi connectivity index (χ0) is 20.5. The average Bonchev–Trinajstić information content (AvgIpc) is 2.76. The molecule has 1 fully saturated rings. The fourth-order valence-corrected chi connectivity index (χ4v) is 4.15. The van der Waals surface area contributed by atoms with E-state index in [-0.39, 0.29) is 0 Å². The summed E-state index contributed by atoms with van der Waals surface area (Å²) < 4.78 is 0. The zero-order valence-electron chi connectivity index (χ0n) is 17.0. The molecule has 0 saturated carbocycles. The van der Waals surface area contributed by atoms with Crippen LogP contribution in [0.2, 0.25) is 0 Å². The van der Waals surface area contributed by atoms with Crippen molar-refractivity contribution in [1.82, 2.24) is 19.9 Å². The van der Waals surface area contributed by atoms with Crippen LogP contribution in [0.25, 0.3) is 22.0 Å². The van der Waals surface area contributed by atoms with E-state index in [4.69, 9.17) is 21.6 Å². The van der Waals surface area contributed by atoms with E-state index in [1.807, 2.05) is 0 Å². The van der Waals surface area contributed by atoms with Gasteiger partial charge in [0.15, 0.2) is 5.82 Å². The summed E-state index contributed by atoms with van der Waals surface area (Å²) in [5.41, 5.74) is 3.14. The number of piperazine rings is 1. The van der Waals surface area contributed by atoms with Gasteiger partial charge in [-0.3, -0.25) is 0 Å². The highest BCUT2D eigenvalue weighted by molar-refractivity contribution is 6.48. The molecule has 5 rings (SSSR count). The van der Waals surface area contributed by atoms with Crippen molar-refractivity contribution in [3.8, 4) is 0 Å². The minimum absolute atomic E-state index is 0.544. The Morgan fingerprint density at radius 3 is 2.73 bits per heavy atom. The van der Waals surface area contributed by atoms with Crippen LogP contribution in [0.5, 0.6) is 0 Å². The molecule has 2 aromatic rings. The maximum Gasteiger partial charge on any atom is 0.206 e. The highest BCUT2D eigenvalue weighted by Gasteiger charge is 2.15. The van der Waals surface area contributed by atoms with Crippen LogP contribution in [-0.2, 0) is 6.42 Å². The summed E-state index contributed by atoms with van der Waals surface area (Å²) >= 11 is 6.35. The Kier molecular flexibility index (Phi) is 5.19. The molecule has 30 heavy (non-hydrogen) atoms. The number of likely N-dealkylation sites (N-methyl/N-ethyl adjacent to an activating group) is 1. The molecule has 1 aromatic heterocycles. The van der Waals surface area contributed by atoms with Crippen molar-refractivity contribution in [2.75, 3.05) is 43.4 Å². The minimum atomic E-state index is 0.544. The smallest absolute Gasteiger partial charge is 0.206 e. The van der Waals surface area contributed by atoms with Crippen molar-refractivity contribution in [2.45, 2.75) is 12.8 Å². The molecular formula is C23H25ClN6. The van der Waals surface area contributed by atoms with Gasteiger partial charge in [-0.25, -0.2) is 9.97 Å². The lowest BCUT2D eigenvalue weighted by atomic mass is 10.1. The molecule has 1 aromatic carbocycles. The number of anilines is 2. The van der Waals surface area contributed by atoms with Crippen molar-refractivity contribution in [3.05, 3.63) is 59.3 Å². The quantitative estimate of drug-likeness (QED) is 0.740. The van der Waals surface area contributed by atoms with Gasteiger partial charge in [0.1, 0.15) is 0 Å². The average molecular weight is 421 g/mol. The molecule has 0 spiro atoms. The number of fused-ring (bicyclic) bond motifs is 6. The largest absolute Gasteiger partial charge is 0.368 e. The number of nitrogens with zero attached hydrogens (tertiary/aromatic N) is 4. The lowest BCUT2D eigenvalue weighted by molar-refractivity contribution is 0.313. The third kappa shape index (κ3) is 4.06. The van der Waals surface area contributed by atoms with Crippen molar-refractivity contribution in [1.29, 1.82) is 0 Å². The van der Waals surface area contributed by atoms with E-state index in [2.05, 4.69) is 69.6 Å². The maximum atomic E-state index is 6.35. The summed E-state index contributed by atoms with van der Waals surface area (Å²) in [5.74, 6) is 1.24. The van der Waals surface area contributed by atoms with Gasteiger partial charge in [0.05, 0.1) is 10.5 Å². The maximum absolute atomic E-state index is 6.35. The number of nitrogens with one attached hydrogen (secondary N) is 2. The number of hydrogen-bond acceptors (Lipinski definition) is 5. The summed E-state index contributed by atoms with van der Waals surface area (Å²) in [7, 11) is 2.18. The highest BCUT2D eigenvalue weighted by atomic mass is 35.5. The van der Waals surface area contributed by atoms with Crippen LogP contribution in [0.1, 0.15) is 17.9 Å². The molecule has 154 valence electrons. The van der Waals surface area contributed by atoms with E-state index in [0.29, 0.717) is 16.8 Å². The third-order valence-corrected chi connectivity index (χ3v) is 6.01. The molecule has 2 aliphatic heterocycles. The zero-order valence-corrected chi connectivity index (χ0v) is 17.8. The number of rotatable bonds is 1. The fourth-order valence-electron chi connectivity index (χ4n) is 4.00. The first kappa shape index (κ1) is 19.2. The van der Waals surface area contributed by atoms with Gasteiger partial charge in [0.25, 0.3) is 0 Å². The number of benzene rings is 1. The van der Waals surface area contributed by atoms with Crippen LogP contribution in [0, 0.1) is 0 Å². The Hall–Kier alpha value is -2.83. The van der Waals surface area contributed by atoms with Crippen LogP contribution >= 0.6 is 11.6 Å². The summed E-state index contributed by atoms with van der Waals surface area (Å²) in [6.45, 7) is 4.21. The third-order valence-electron chi connectivity index (χ3n) is 5.72. The molecule has 6 nitrogen and oxygen atoms in total. The van der Waals surface area contributed by atoms with Crippen LogP contribution in [-0.4, -0.2) is 53.1 Å². The molecule has 3 heterocycles. The van der Waals surface area contributed by atoms with Gasteiger partial charge in [-0.2, -0.15) is 0 Å². The van der Waals surface area contributed by atoms with Crippen molar-refractivity contribution < 1.29 is 0 Å². The first-order valence-electron chi connectivity index (χ1n) is 10.4. The van der Waals surface area contributed by atoms with Gasteiger partial charge in [-0.15, -0.1) is 0 Å². The summed E-state index contributed by atoms with van der Waals surface area (Å²) in [4.78, 5) is 17.6. The molecule has 3 aliphatic rings. The molecule has 0 amide bonds. The summed E-state index contributed by atoms with van der Waals surface area (Å²) in [5, 5.41) is 6.00. The Bertz CT molecular complexity index is 1170. The molecule has 0 radical (unpaired) electrons. The SMILES string of the molecule is CN1CCN(c2ccc3cc2ccc2cc(nc4[nH]c(n3)NC=C4Cl)CCC=2)CC1. The Morgan fingerprint density at radius 1 is 1.00 bits per heavy atom. The van der Waals surface area contributed by atoms with Crippen molar-refractivity contribution >= 4 is 45.2 Å².